The molecule has 0 aliphatic heterocycles. The third-order valence-electron chi connectivity index (χ3n) is 2.61. The third kappa shape index (κ3) is 3.70. The minimum absolute atomic E-state index is 0.156. The van der Waals surface area contributed by atoms with Crippen molar-refractivity contribution in [3.05, 3.63) is 52.6 Å². The summed E-state index contributed by atoms with van der Waals surface area (Å²) in [4.78, 5) is 18.4. The quantitative estimate of drug-likeness (QED) is 0.685. The van der Waals surface area contributed by atoms with Gasteiger partial charge in [-0.25, -0.2) is 14.4 Å². The van der Waals surface area contributed by atoms with Gasteiger partial charge in [-0.1, -0.05) is 12.1 Å². The topological polar surface area (TPSA) is 54.9 Å². The highest BCUT2D eigenvalue weighted by Crippen LogP contribution is 2.31. The molecule has 0 spiro atoms. The van der Waals surface area contributed by atoms with E-state index in [4.69, 9.17) is 11.6 Å². The van der Waals surface area contributed by atoms with E-state index in [-0.39, 0.29) is 11.3 Å². The number of halogens is 5. The fourth-order valence-electron chi connectivity index (χ4n) is 1.67. The van der Waals surface area contributed by atoms with Crippen molar-refractivity contribution >= 4 is 23.2 Å². The van der Waals surface area contributed by atoms with Crippen LogP contribution in [0.25, 0.3) is 0 Å². The maximum absolute atomic E-state index is 12.9. The van der Waals surface area contributed by atoms with E-state index in [1.54, 1.807) is 0 Å². The van der Waals surface area contributed by atoms with Crippen molar-refractivity contribution in [3.63, 3.8) is 0 Å². The number of hydrogen-bond acceptors (Lipinski definition) is 3. The summed E-state index contributed by atoms with van der Waals surface area (Å²) in [5.74, 6) is -1.07. The van der Waals surface area contributed by atoms with Crippen LogP contribution < -0.4 is 5.32 Å². The molecule has 0 fully saturated rings. The molecule has 2 rings (SSSR count). The van der Waals surface area contributed by atoms with Gasteiger partial charge in [0.2, 0.25) is 5.28 Å². The molecule has 0 unspecified atom stereocenters. The number of amides is 1. The Morgan fingerprint density at radius 1 is 1.32 bits per heavy atom. The zero-order valence-corrected chi connectivity index (χ0v) is 11.5. The molecule has 116 valence electrons. The molecule has 1 amide bonds. The fourth-order valence-corrected chi connectivity index (χ4v) is 1.81. The van der Waals surface area contributed by atoms with Crippen LogP contribution in [-0.4, -0.2) is 15.9 Å². The number of alkyl halides is 4. The molecule has 9 heteroatoms. The largest absolute Gasteiger partial charge is 0.434 e. The molecule has 1 heterocycles. The summed E-state index contributed by atoms with van der Waals surface area (Å²) >= 11 is 5.33. The molecule has 0 radical (unpaired) electrons. The highest BCUT2D eigenvalue weighted by Gasteiger charge is 2.38. The summed E-state index contributed by atoms with van der Waals surface area (Å²) in [6.07, 6.45) is -4.17. The summed E-state index contributed by atoms with van der Waals surface area (Å²) in [6, 6.07) is 5.67. The number of carbonyl (C=O) groups is 1. The number of hydrogen-bond donors (Lipinski definition) is 1. The molecule has 1 aromatic carbocycles. The van der Waals surface area contributed by atoms with Crippen molar-refractivity contribution in [1.82, 2.24) is 9.97 Å². The van der Waals surface area contributed by atoms with Crippen molar-refractivity contribution in [2.24, 2.45) is 0 Å². The SMILES string of the molecule is O=C(Nc1cccc(CF)c1)c1cnc(Cl)nc1C(F)(F)F. The average molecular weight is 334 g/mol. The normalized spacial score (nSPS) is 11.3. The molecular formula is C13H8ClF4N3O. The van der Waals surface area contributed by atoms with Crippen LogP contribution in [0.2, 0.25) is 5.28 Å². The van der Waals surface area contributed by atoms with E-state index in [2.05, 4.69) is 15.3 Å². The fraction of sp³-hybridized carbons (Fsp3) is 0.154. The monoisotopic (exact) mass is 333 g/mol. The smallest absolute Gasteiger partial charge is 0.322 e. The Bertz CT molecular complexity index is 706. The zero-order chi connectivity index (χ0) is 16.3. The molecule has 0 saturated heterocycles. The van der Waals surface area contributed by atoms with Gasteiger partial charge in [-0.15, -0.1) is 0 Å². The van der Waals surface area contributed by atoms with Crippen LogP contribution in [0.4, 0.5) is 23.2 Å². The summed E-state index contributed by atoms with van der Waals surface area (Å²) in [5.41, 5.74) is -1.78. The highest BCUT2D eigenvalue weighted by molar-refractivity contribution is 6.28. The predicted molar refractivity (Wildman–Crippen MR) is 71.3 cm³/mol. The number of nitrogens with zero attached hydrogens (tertiary/aromatic N) is 2. The van der Waals surface area contributed by atoms with E-state index in [1.165, 1.54) is 24.3 Å². The average Bonchev–Trinajstić information content (AvgIpc) is 2.46. The Morgan fingerprint density at radius 2 is 2.05 bits per heavy atom. The van der Waals surface area contributed by atoms with Crippen molar-refractivity contribution < 1.29 is 22.4 Å². The van der Waals surface area contributed by atoms with Gasteiger partial charge in [0.1, 0.15) is 6.67 Å². The van der Waals surface area contributed by atoms with Crippen LogP contribution in [0.1, 0.15) is 21.6 Å². The van der Waals surface area contributed by atoms with Gasteiger partial charge in [0, 0.05) is 11.9 Å². The summed E-state index contributed by atoms with van der Waals surface area (Å²) < 4.78 is 51.1. The number of benzene rings is 1. The van der Waals surface area contributed by atoms with Crippen LogP contribution in [0.15, 0.2) is 30.5 Å². The van der Waals surface area contributed by atoms with Gasteiger partial charge in [0.05, 0.1) is 5.56 Å². The maximum Gasteiger partial charge on any atom is 0.434 e. The number of anilines is 1. The molecule has 2 aromatic rings. The summed E-state index contributed by atoms with van der Waals surface area (Å²) in [5, 5.41) is 1.61. The van der Waals surface area contributed by atoms with E-state index >= 15 is 0 Å². The lowest BCUT2D eigenvalue weighted by Gasteiger charge is -2.12. The van der Waals surface area contributed by atoms with Crippen molar-refractivity contribution in [2.45, 2.75) is 12.9 Å². The van der Waals surface area contributed by atoms with Crippen molar-refractivity contribution in [3.8, 4) is 0 Å². The van der Waals surface area contributed by atoms with Crippen LogP contribution in [0.3, 0.4) is 0 Å². The van der Waals surface area contributed by atoms with Gasteiger partial charge in [-0.3, -0.25) is 4.79 Å². The number of nitrogens with one attached hydrogen (secondary N) is 1. The molecule has 0 aliphatic carbocycles. The summed E-state index contributed by atoms with van der Waals surface area (Å²) in [6.45, 7) is -0.762. The minimum Gasteiger partial charge on any atom is -0.322 e. The van der Waals surface area contributed by atoms with Crippen LogP contribution >= 0.6 is 11.6 Å². The second-order valence-corrected chi connectivity index (χ2v) is 4.53. The third-order valence-corrected chi connectivity index (χ3v) is 2.79. The number of carbonyl (C=O) groups excluding carboxylic acids is 1. The first-order valence-corrected chi connectivity index (χ1v) is 6.25. The van der Waals surface area contributed by atoms with Gasteiger partial charge < -0.3 is 5.32 Å². The molecule has 0 atom stereocenters. The van der Waals surface area contributed by atoms with Crippen molar-refractivity contribution in [1.29, 1.82) is 0 Å². The first kappa shape index (κ1) is 16.2. The lowest BCUT2D eigenvalue weighted by atomic mass is 10.2. The summed E-state index contributed by atoms with van der Waals surface area (Å²) in [7, 11) is 0. The second kappa shape index (κ2) is 6.27. The van der Waals surface area contributed by atoms with Crippen molar-refractivity contribution in [2.75, 3.05) is 5.32 Å². The lowest BCUT2D eigenvalue weighted by Crippen LogP contribution is -2.21. The Kier molecular flexibility index (Phi) is 4.60. The molecule has 4 nitrogen and oxygen atoms in total. The maximum atomic E-state index is 12.9. The first-order valence-electron chi connectivity index (χ1n) is 5.87. The Hall–Kier alpha value is -2.22. The highest BCUT2D eigenvalue weighted by atomic mass is 35.5. The van der Waals surface area contributed by atoms with Gasteiger partial charge in [0.15, 0.2) is 5.69 Å². The lowest BCUT2D eigenvalue weighted by molar-refractivity contribution is -0.141. The van der Waals surface area contributed by atoms with Gasteiger partial charge in [-0.2, -0.15) is 13.2 Å². The Labute approximate surface area is 127 Å². The van der Waals surface area contributed by atoms with Gasteiger partial charge in [0.25, 0.3) is 5.91 Å². The molecule has 1 aromatic heterocycles. The van der Waals surface area contributed by atoms with Crippen LogP contribution in [-0.2, 0) is 12.9 Å². The molecule has 0 saturated carbocycles. The number of aromatic nitrogens is 2. The van der Waals surface area contributed by atoms with E-state index in [0.717, 1.165) is 0 Å². The molecular weight excluding hydrogens is 326 g/mol. The molecule has 0 aliphatic rings. The van der Waals surface area contributed by atoms with E-state index in [9.17, 15) is 22.4 Å². The van der Waals surface area contributed by atoms with Crippen LogP contribution in [0.5, 0.6) is 0 Å². The molecule has 0 bridgehead atoms. The van der Waals surface area contributed by atoms with E-state index in [0.29, 0.717) is 6.20 Å². The minimum atomic E-state index is -4.86. The zero-order valence-electron chi connectivity index (χ0n) is 10.8. The Balaban J connectivity index is 2.33. The number of rotatable bonds is 3. The predicted octanol–water partition coefficient (Wildman–Crippen LogP) is 3.87. The standard InChI is InChI=1S/C13H8ClF4N3O/c14-12-19-6-9(10(21-12)13(16,17)18)11(22)20-8-3-1-2-7(4-8)5-15/h1-4,6H,5H2,(H,20,22). The van der Waals surface area contributed by atoms with E-state index < -0.39 is 35.3 Å². The van der Waals surface area contributed by atoms with Gasteiger partial charge >= 0.3 is 6.18 Å². The second-order valence-electron chi connectivity index (χ2n) is 4.19. The first-order chi connectivity index (χ1) is 10.3. The van der Waals surface area contributed by atoms with Gasteiger partial charge in [-0.05, 0) is 29.3 Å². The molecule has 1 N–H and O–H groups in total. The Morgan fingerprint density at radius 3 is 2.68 bits per heavy atom. The van der Waals surface area contributed by atoms with E-state index in [1.807, 2.05) is 0 Å². The molecule has 22 heavy (non-hydrogen) atoms. The van der Waals surface area contributed by atoms with Crippen LogP contribution in [0, 0.1) is 0 Å².